The Morgan fingerprint density at radius 3 is 2.22 bits per heavy atom. The van der Waals surface area contributed by atoms with Gasteiger partial charge < -0.3 is 9.80 Å². The van der Waals surface area contributed by atoms with Crippen molar-refractivity contribution in [2.75, 3.05) is 26.2 Å². The minimum absolute atomic E-state index is 0.00920. The van der Waals surface area contributed by atoms with Crippen LogP contribution >= 0.6 is 0 Å². The molecule has 2 aromatic carbocycles. The number of hydrogen-bond acceptors (Lipinski definition) is 3. The molecule has 0 aliphatic carbocycles. The van der Waals surface area contributed by atoms with Crippen molar-refractivity contribution in [2.45, 2.75) is 33.6 Å². The van der Waals surface area contributed by atoms with Crippen LogP contribution in [0.3, 0.4) is 0 Å². The first-order valence-corrected chi connectivity index (χ1v) is 11.3. The van der Waals surface area contributed by atoms with Gasteiger partial charge in [0.25, 0.3) is 11.8 Å². The van der Waals surface area contributed by atoms with Crippen LogP contribution in [-0.4, -0.2) is 57.6 Å². The molecule has 1 aromatic heterocycles. The number of amides is 2. The zero-order valence-electron chi connectivity index (χ0n) is 19.0. The topological polar surface area (TPSA) is 58.4 Å². The lowest BCUT2D eigenvalue weighted by molar-refractivity contribution is 0.0718. The first-order valence-electron chi connectivity index (χ1n) is 11.3. The van der Waals surface area contributed by atoms with Crippen LogP contribution in [-0.2, 0) is 6.42 Å². The molecule has 0 atom stereocenters. The van der Waals surface area contributed by atoms with Crippen LogP contribution in [0.5, 0.6) is 0 Å². The number of carbonyl (C=O) groups excluding carboxylic acids is 2. The number of nitrogens with zero attached hydrogens (tertiary/aromatic N) is 4. The molecule has 0 saturated carbocycles. The molecule has 2 amide bonds. The Labute approximate surface area is 189 Å². The smallest absolute Gasteiger partial charge is 0.257 e. The van der Waals surface area contributed by atoms with E-state index in [2.05, 4.69) is 12.0 Å². The summed E-state index contributed by atoms with van der Waals surface area (Å²) in [6, 6.07) is 15.8. The molecule has 0 radical (unpaired) electrons. The summed E-state index contributed by atoms with van der Waals surface area (Å²) in [5.74, 6) is 0.0227. The molecule has 1 fully saturated rings. The number of aromatic nitrogens is 2. The summed E-state index contributed by atoms with van der Waals surface area (Å²) < 4.78 is 1.86. The van der Waals surface area contributed by atoms with Crippen molar-refractivity contribution < 1.29 is 9.59 Å². The second kappa shape index (κ2) is 9.39. The Kier molecular flexibility index (Phi) is 6.40. The third-order valence-electron chi connectivity index (χ3n) is 6.05. The average Bonchev–Trinajstić information content (AvgIpc) is 3.07. The third kappa shape index (κ3) is 4.44. The van der Waals surface area contributed by atoms with Crippen molar-refractivity contribution in [3.8, 4) is 5.69 Å². The molecule has 3 aromatic rings. The van der Waals surface area contributed by atoms with E-state index in [0.717, 1.165) is 23.4 Å². The maximum atomic E-state index is 13.4. The molecule has 0 unspecified atom stereocenters. The molecular formula is C26H30N4O2. The van der Waals surface area contributed by atoms with Gasteiger partial charge in [-0.25, -0.2) is 4.68 Å². The summed E-state index contributed by atoms with van der Waals surface area (Å²) in [6.45, 7) is 8.43. The second-order valence-electron chi connectivity index (χ2n) is 8.41. The zero-order valence-corrected chi connectivity index (χ0v) is 19.0. The van der Waals surface area contributed by atoms with Gasteiger partial charge in [-0.2, -0.15) is 5.10 Å². The first kappa shape index (κ1) is 21.8. The van der Waals surface area contributed by atoms with E-state index in [9.17, 15) is 9.59 Å². The standard InChI is InChI=1S/C26H30N4O2/c1-4-24-23(18-27-30(24)22-11-9-19(2)10-12-22)26(32)29-14-6-13-28(15-16-29)25(31)21-8-5-7-20(3)17-21/h5,7-12,17-18H,4,6,13-16H2,1-3H3. The van der Waals surface area contributed by atoms with Crippen LogP contribution in [0.15, 0.2) is 54.7 Å². The highest BCUT2D eigenvalue weighted by atomic mass is 16.2. The van der Waals surface area contributed by atoms with Crippen LogP contribution in [0.1, 0.15) is 50.9 Å². The summed E-state index contributed by atoms with van der Waals surface area (Å²) in [7, 11) is 0. The van der Waals surface area contributed by atoms with Gasteiger partial charge in [-0.05, 0) is 51.0 Å². The number of aryl methyl sites for hydroxylation is 2. The number of rotatable bonds is 4. The normalized spacial score (nSPS) is 14.3. The van der Waals surface area contributed by atoms with E-state index in [1.54, 1.807) is 6.20 Å². The van der Waals surface area contributed by atoms with E-state index in [4.69, 9.17) is 0 Å². The highest BCUT2D eigenvalue weighted by Crippen LogP contribution is 2.19. The molecule has 2 heterocycles. The van der Waals surface area contributed by atoms with Gasteiger partial charge >= 0.3 is 0 Å². The largest absolute Gasteiger partial charge is 0.337 e. The zero-order chi connectivity index (χ0) is 22.7. The van der Waals surface area contributed by atoms with Gasteiger partial charge in [-0.15, -0.1) is 0 Å². The van der Waals surface area contributed by atoms with Gasteiger partial charge in [0, 0.05) is 31.7 Å². The van der Waals surface area contributed by atoms with E-state index in [-0.39, 0.29) is 11.8 Å². The third-order valence-corrected chi connectivity index (χ3v) is 6.05. The molecule has 1 aliphatic heterocycles. The van der Waals surface area contributed by atoms with Gasteiger partial charge in [0.05, 0.1) is 23.1 Å². The second-order valence-corrected chi connectivity index (χ2v) is 8.41. The molecule has 1 saturated heterocycles. The molecule has 0 N–H and O–H groups in total. The fraction of sp³-hybridized carbons (Fsp3) is 0.346. The number of benzene rings is 2. The predicted molar refractivity (Wildman–Crippen MR) is 125 cm³/mol. The van der Waals surface area contributed by atoms with Gasteiger partial charge in [-0.1, -0.05) is 42.3 Å². The van der Waals surface area contributed by atoms with Crippen LogP contribution in [0.2, 0.25) is 0 Å². The van der Waals surface area contributed by atoms with Crippen molar-refractivity contribution in [3.63, 3.8) is 0 Å². The number of carbonyl (C=O) groups is 2. The quantitative estimate of drug-likeness (QED) is 0.628. The molecule has 0 bridgehead atoms. The summed E-state index contributed by atoms with van der Waals surface area (Å²) in [5.41, 5.74) is 5.47. The Hall–Kier alpha value is -3.41. The minimum atomic E-state index is -0.00920. The van der Waals surface area contributed by atoms with E-state index in [1.807, 2.05) is 76.9 Å². The highest BCUT2D eigenvalue weighted by Gasteiger charge is 2.26. The molecule has 6 heteroatoms. The molecule has 166 valence electrons. The summed E-state index contributed by atoms with van der Waals surface area (Å²) >= 11 is 0. The fourth-order valence-corrected chi connectivity index (χ4v) is 4.26. The van der Waals surface area contributed by atoms with E-state index >= 15 is 0 Å². The van der Waals surface area contributed by atoms with Crippen molar-refractivity contribution in [1.82, 2.24) is 19.6 Å². The summed E-state index contributed by atoms with van der Waals surface area (Å²) in [4.78, 5) is 30.1. The van der Waals surface area contributed by atoms with Crippen LogP contribution in [0.25, 0.3) is 5.69 Å². The number of hydrogen-bond donors (Lipinski definition) is 0. The molecule has 0 spiro atoms. The Morgan fingerprint density at radius 1 is 0.875 bits per heavy atom. The van der Waals surface area contributed by atoms with Gasteiger partial charge in [-0.3, -0.25) is 9.59 Å². The first-order chi connectivity index (χ1) is 15.5. The average molecular weight is 431 g/mol. The Balaban J connectivity index is 1.50. The van der Waals surface area contributed by atoms with Crippen molar-refractivity contribution in [3.05, 3.63) is 82.7 Å². The summed E-state index contributed by atoms with van der Waals surface area (Å²) in [5, 5.41) is 4.52. The molecule has 4 rings (SSSR count). The van der Waals surface area contributed by atoms with E-state index < -0.39 is 0 Å². The van der Waals surface area contributed by atoms with Crippen LogP contribution in [0.4, 0.5) is 0 Å². The molecule has 6 nitrogen and oxygen atoms in total. The van der Waals surface area contributed by atoms with Crippen LogP contribution < -0.4 is 0 Å². The van der Waals surface area contributed by atoms with E-state index in [0.29, 0.717) is 43.7 Å². The van der Waals surface area contributed by atoms with Crippen LogP contribution in [0, 0.1) is 13.8 Å². The summed E-state index contributed by atoms with van der Waals surface area (Å²) in [6.07, 6.45) is 3.15. The minimum Gasteiger partial charge on any atom is -0.337 e. The van der Waals surface area contributed by atoms with E-state index in [1.165, 1.54) is 5.56 Å². The Bertz CT molecular complexity index is 1120. The maximum absolute atomic E-state index is 13.4. The molecular weight excluding hydrogens is 400 g/mol. The monoisotopic (exact) mass is 430 g/mol. The Morgan fingerprint density at radius 2 is 1.56 bits per heavy atom. The lowest BCUT2D eigenvalue weighted by atomic mass is 10.1. The van der Waals surface area contributed by atoms with Crippen molar-refractivity contribution in [1.29, 1.82) is 0 Å². The molecule has 1 aliphatic rings. The van der Waals surface area contributed by atoms with Gasteiger partial charge in [0.1, 0.15) is 0 Å². The predicted octanol–water partition coefficient (Wildman–Crippen LogP) is 4.04. The molecule has 32 heavy (non-hydrogen) atoms. The maximum Gasteiger partial charge on any atom is 0.257 e. The fourth-order valence-electron chi connectivity index (χ4n) is 4.26. The highest BCUT2D eigenvalue weighted by molar-refractivity contribution is 5.96. The van der Waals surface area contributed by atoms with Gasteiger partial charge in [0.2, 0.25) is 0 Å². The van der Waals surface area contributed by atoms with Crippen molar-refractivity contribution in [2.24, 2.45) is 0 Å². The lowest BCUT2D eigenvalue weighted by Gasteiger charge is -2.22. The van der Waals surface area contributed by atoms with Gasteiger partial charge in [0.15, 0.2) is 0 Å². The lowest BCUT2D eigenvalue weighted by Crippen LogP contribution is -2.37. The SMILES string of the molecule is CCc1c(C(=O)N2CCCN(C(=O)c3cccc(C)c3)CC2)cnn1-c1ccc(C)cc1. The van der Waals surface area contributed by atoms with Crippen molar-refractivity contribution >= 4 is 11.8 Å².